The molecule has 0 bridgehead atoms. The first-order chi connectivity index (χ1) is 13.5. The highest BCUT2D eigenvalue weighted by Gasteiger charge is 2.24. The van der Waals surface area contributed by atoms with Crippen molar-refractivity contribution in [2.75, 3.05) is 18.0 Å². The van der Waals surface area contributed by atoms with Gasteiger partial charge in [-0.05, 0) is 48.6 Å². The van der Waals surface area contributed by atoms with Gasteiger partial charge in [-0.1, -0.05) is 34.8 Å². The molecule has 0 aliphatic carbocycles. The minimum absolute atomic E-state index is 0.0585. The van der Waals surface area contributed by atoms with E-state index < -0.39 is 0 Å². The highest BCUT2D eigenvalue weighted by molar-refractivity contribution is 6.34. The van der Waals surface area contributed by atoms with Crippen molar-refractivity contribution >= 4 is 57.3 Å². The lowest BCUT2D eigenvalue weighted by Crippen LogP contribution is -2.45. The number of anilines is 1. The molecule has 0 saturated carbocycles. The van der Waals surface area contributed by atoms with Gasteiger partial charge in [-0.15, -0.1) is 0 Å². The van der Waals surface area contributed by atoms with Gasteiger partial charge in [0.2, 0.25) is 0 Å². The number of carbonyl (C=O) groups is 1. The molecule has 3 aromatic rings. The van der Waals surface area contributed by atoms with Crippen LogP contribution in [0, 0.1) is 0 Å². The molecule has 28 heavy (non-hydrogen) atoms. The molecule has 144 valence electrons. The Morgan fingerprint density at radius 3 is 2.61 bits per heavy atom. The fourth-order valence-corrected chi connectivity index (χ4v) is 3.99. The minimum Gasteiger partial charge on any atom is -0.356 e. The van der Waals surface area contributed by atoms with Crippen LogP contribution in [0.3, 0.4) is 0 Å². The Kier molecular flexibility index (Phi) is 5.58. The third kappa shape index (κ3) is 4.02. The summed E-state index contributed by atoms with van der Waals surface area (Å²) in [6.07, 6.45) is 4.84. The van der Waals surface area contributed by atoms with Gasteiger partial charge < -0.3 is 10.2 Å². The van der Waals surface area contributed by atoms with Crippen molar-refractivity contribution in [3.8, 4) is 0 Å². The van der Waals surface area contributed by atoms with Gasteiger partial charge in [-0.3, -0.25) is 4.79 Å². The fourth-order valence-electron chi connectivity index (χ4n) is 3.47. The van der Waals surface area contributed by atoms with Crippen molar-refractivity contribution in [1.29, 1.82) is 0 Å². The van der Waals surface area contributed by atoms with E-state index >= 15 is 0 Å². The molecule has 0 spiro atoms. The molecule has 0 atom stereocenters. The van der Waals surface area contributed by atoms with Gasteiger partial charge in [0, 0.05) is 41.9 Å². The van der Waals surface area contributed by atoms with E-state index in [4.69, 9.17) is 34.8 Å². The van der Waals surface area contributed by atoms with Crippen LogP contribution >= 0.6 is 34.8 Å². The summed E-state index contributed by atoms with van der Waals surface area (Å²) in [7, 11) is 0. The molecule has 1 aliphatic rings. The van der Waals surface area contributed by atoms with E-state index in [1.54, 1.807) is 6.20 Å². The zero-order valence-electron chi connectivity index (χ0n) is 14.8. The van der Waals surface area contributed by atoms with Gasteiger partial charge in [0.05, 0.1) is 10.6 Å². The van der Waals surface area contributed by atoms with Gasteiger partial charge in [0.15, 0.2) is 0 Å². The summed E-state index contributed by atoms with van der Waals surface area (Å²) >= 11 is 18.0. The van der Waals surface area contributed by atoms with E-state index in [1.165, 1.54) is 12.3 Å². The van der Waals surface area contributed by atoms with Gasteiger partial charge in [-0.25, -0.2) is 9.97 Å². The Bertz CT molecular complexity index is 1040. The Labute approximate surface area is 177 Å². The first-order valence-electron chi connectivity index (χ1n) is 8.92. The fraction of sp³-hybridized carbons (Fsp3) is 0.250. The topological polar surface area (TPSA) is 58.1 Å². The molecular formula is C20H17Cl3N4O. The third-order valence-corrected chi connectivity index (χ3v) is 5.63. The second-order valence-electron chi connectivity index (χ2n) is 6.73. The van der Waals surface area contributed by atoms with E-state index in [0.29, 0.717) is 15.6 Å². The molecule has 3 heterocycles. The Balaban J connectivity index is 1.44. The number of aromatic nitrogens is 2. The summed E-state index contributed by atoms with van der Waals surface area (Å²) in [5.41, 5.74) is 0.296. The molecular weight excluding hydrogens is 419 g/mol. The summed E-state index contributed by atoms with van der Waals surface area (Å²) in [6, 6.07) is 9.38. The van der Waals surface area contributed by atoms with E-state index in [9.17, 15) is 4.79 Å². The molecule has 5 nitrogen and oxygen atoms in total. The van der Waals surface area contributed by atoms with Crippen LogP contribution in [-0.4, -0.2) is 35.0 Å². The average Bonchev–Trinajstić information content (AvgIpc) is 2.69. The molecule has 1 aliphatic heterocycles. The zero-order valence-corrected chi connectivity index (χ0v) is 17.1. The average molecular weight is 436 g/mol. The highest BCUT2D eigenvalue weighted by Crippen LogP contribution is 2.29. The van der Waals surface area contributed by atoms with Crippen molar-refractivity contribution in [3.05, 3.63) is 63.5 Å². The van der Waals surface area contributed by atoms with Crippen molar-refractivity contribution in [2.45, 2.75) is 18.9 Å². The van der Waals surface area contributed by atoms with Crippen LogP contribution in [0.4, 0.5) is 5.82 Å². The molecule has 1 saturated heterocycles. The minimum atomic E-state index is -0.253. The van der Waals surface area contributed by atoms with Crippen LogP contribution in [-0.2, 0) is 0 Å². The maximum Gasteiger partial charge on any atom is 0.254 e. The number of amides is 1. The lowest BCUT2D eigenvalue weighted by atomic mass is 10.0. The first kappa shape index (κ1) is 19.2. The molecule has 1 N–H and O–H groups in total. The number of hydrogen-bond acceptors (Lipinski definition) is 4. The molecule has 0 unspecified atom stereocenters. The van der Waals surface area contributed by atoms with Crippen LogP contribution in [0.25, 0.3) is 10.8 Å². The number of piperidine rings is 1. The second-order valence-corrected chi connectivity index (χ2v) is 7.96. The maximum absolute atomic E-state index is 12.5. The monoisotopic (exact) mass is 434 g/mol. The highest BCUT2D eigenvalue weighted by atomic mass is 35.5. The SMILES string of the molecule is O=C(NC1CCN(c2nccc3cc(Cl)ccc23)CC1)c1cc(Cl)cnc1Cl. The number of halogens is 3. The van der Waals surface area contributed by atoms with Crippen molar-refractivity contribution in [2.24, 2.45) is 0 Å². The summed E-state index contributed by atoms with van der Waals surface area (Å²) < 4.78 is 0. The summed E-state index contributed by atoms with van der Waals surface area (Å²) in [5.74, 6) is 0.692. The zero-order chi connectivity index (χ0) is 19.7. The lowest BCUT2D eigenvalue weighted by molar-refractivity contribution is 0.0931. The van der Waals surface area contributed by atoms with Crippen molar-refractivity contribution in [3.63, 3.8) is 0 Å². The number of hydrogen-bond donors (Lipinski definition) is 1. The summed E-state index contributed by atoms with van der Waals surface area (Å²) in [4.78, 5) is 23.3. The Hall–Kier alpha value is -2.08. The number of benzene rings is 1. The van der Waals surface area contributed by atoms with Crippen LogP contribution in [0.2, 0.25) is 15.2 Å². The first-order valence-corrected chi connectivity index (χ1v) is 10.1. The molecule has 1 amide bonds. The van der Waals surface area contributed by atoms with Crippen molar-refractivity contribution < 1.29 is 4.79 Å². The number of rotatable bonds is 3. The maximum atomic E-state index is 12.5. The van der Waals surface area contributed by atoms with Crippen LogP contribution < -0.4 is 10.2 Å². The van der Waals surface area contributed by atoms with Crippen LogP contribution in [0.15, 0.2) is 42.7 Å². The van der Waals surface area contributed by atoms with Crippen molar-refractivity contribution in [1.82, 2.24) is 15.3 Å². The largest absolute Gasteiger partial charge is 0.356 e. The van der Waals surface area contributed by atoms with Gasteiger partial charge in [0.25, 0.3) is 5.91 Å². The molecule has 1 fully saturated rings. The standard InChI is InChI=1S/C20H17Cl3N4O/c21-13-1-2-16-12(9-13)3-6-24-19(16)27-7-4-15(5-8-27)26-20(28)17-10-14(22)11-25-18(17)23/h1-3,6,9-11,15H,4-5,7-8H2,(H,26,28). The number of nitrogens with one attached hydrogen (secondary N) is 1. The van der Waals surface area contributed by atoms with E-state index in [0.717, 1.165) is 42.5 Å². The van der Waals surface area contributed by atoms with Crippen LogP contribution in [0.5, 0.6) is 0 Å². The van der Waals surface area contributed by atoms with E-state index in [-0.39, 0.29) is 17.1 Å². The molecule has 4 rings (SSSR count). The third-order valence-electron chi connectivity index (χ3n) is 4.89. The Morgan fingerprint density at radius 1 is 1.04 bits per heavy atom. The second kappa shape index (κ2) is 8.11. The van der Waals surface area contributed by atoms with Crippen LogP contribution in [0.1, 0.15) is 23.2 Å². The summed E-state index contributed by atoms with van der Waals surface area (Å²) in [6.45, 7) is 1.59. The number of nitrogens with zero attached hydrogens (tertiary/aromatic N) is 3. The molecule has 0 radical (unpaired) electrons. The lowest BCUT2D eigenvalue weighted by Gasteiger charge is -2.33. The summed E-state index contributed by atoms with van der Waals surface area (Å²) in [5, 5.41) is 6.41. The molecule has 2 aromatic heterocycles. The predicted octanol–water partition coefficient (Wildman–Crippen LogP) is 4.99. The smallest absolute Gasteiger partial charge is 0.254 e. The number of carbonyl (C=O) groups excluding carboxylic acids is 1. The predicted molar refractivity (Wildman–Crippen MR) is 114 cm³/mol. The quantitative estimate of drug-likeness (QED) is 0.589. The van der Waals surface area contributed by atoms with E-state index in [1.807, 2.05) is 24.3 Å². The normalized spacial score (nSPS) is 15.0. The molecule has 1 aromatic carbocycles. The van der Waals surface area contributed by atoms with Gasteiger partial charge in [0.1, 0.15) is 11.0 Å². The number of fused-ring (bicyclic) bond motifs is 1. The Morgan fingerprint density at radius 2 is 1.82 bits per heavy atom. The number of pyridine rings is 2. The molecule has 8 heteroatoms. The van der Waals surface area contributed by atoms with Gasteiger partial charge >= 0.3 is 0 Å². The van der Waals surface area contributed by atoms with Gasteiger partial charge in [-0.2, -0.15) is 0 Å². The van der Waals surface area contributed by atoms with E-state index in [2.05, 4.69) is 20.2 Å².